The normalized spacial score (nSPS) is 13.1. The number of nitrogens with one attached hydrogen (secondary N) is 2. The molecule has 0 aliphatic heterocycles. The van der Waals surface area contributed by atoms with Crippen LogP contribution in [-0.4, -0.2) is 43.3 Å². The fraction of sp³-hybridized carbons (Fsp3) is 0.333. The second-order valence-electron chi connectivity index (χ2n) is 4.63. The van der Waals surface area contributed by atoms with E-state index in [4.69, 9.17) is 5.11 Å². The van der Waals surface area contributed by atoms with Gasteiger partial charge in [-0.15, -0.1) is 0 Å². The molecule has 21 heavy (non-hydrogen) atoms. The molecule has 0 aliphatic rings. The van der Waals surface area contributed by atoms with Crippen LogP contribution in [0.1, 0.15) is 17.3 Å². The van der Waals surface area contributed by atoms with Crippen molar-refractivity contribution in [3.8, 4) is 0 Å². The molecular formula is C12H15N3O4S2. The minimum Gasteiger partial charge on any atom is -0.394 e. The van der Waals surface area contributed by atoms with Gasteiger partial charge in [0.25, 0.3) is 5.91 Å². The van der Waals surface area contributed by atoms with E-state index < -0.39 is 10.0 Å². The number of fused-ring (bicyclic) bond motifs is 1. The predicted molar refractivity (Wildman–Crippen MR) is 82.1 cm³/mol. The summed E-state index contributed by atoms with van der Waals surface area (Å²) < 4.78 is 25.4. The Labute approximate surface area is 126 Å². The highest BCUT2D eigenvalue weighted by molar-refractivity contribution is 7.92. The van der Waals surface area contributed by atoms with Crippen molar-refractivity contribution in [2.45, 2.75) is 13.0 Å². The number of hydrogen-bond acceptors (Lipinski definition) is 6. The number of benzene rings is 1. The molecule has 0 bridgehead atoms. The van der Waals surface area contributed by atoms with Gasteiger partial charge in [0.15, 0.2) is 5.13 Å². The number of amides is 1. The summed E-state index contributed by atoms with van der Waals surface area (Å²) in [7, 11) is -3.38. The van der Waals surface area contributed by atoms with E-state index in [0.717, 1.165) is 17.6 Å². The number of nitrogens with zero attached hydrogens (tertiary/aromatic N) is 1. The van der Waals surface area contributed by atoms with Crippen molar-refractivity contribution in [2.24, 2.45) is 0 Å². The Morgan fingerprint density at radius 1 is 1.48 bits per heavy atom. The number of anilines is 1. The van der Waals surface area contributed by atoms with Gasteiger partial charge >= 0.3 is 0 Å². The molecule has 0 spiro atoms. The highest BCUT2D eigenvalue weighted by atomic mass is 32.2. The summed E-state index contributed by atoms with van der Waals surface area (Å²) in [6, 6.07) is 4.56. The average molecular weight is 329 g/mol. The van der Waals surface area contributed by atoms with Crippen molar-refractivity contribution < 1.29 is 18.3 Å². The van der Waals surface area contributed by atoms with Crippen LogP contribution in [0.3, 0.4) is 0 Å². The van der Waals surface area contributed by atoms with Crippen LogP contribution in [0.2, 0.25) is 0 Å². The number of sulfonamides is 1. The first-order valence-corrected chi connectivity index (χ1v) is 8.79. The van der Waals surface area contributed by atoms with Gasteiger partial charge in [0.2, 0.25) is 10.0 Å². The van der Waals surface area contributed by atoms with Crippen molar-refractivity contribution in [1.29, 1.82) is 0 Å². The summed E-state index contributed by atoms with van der Waals surface area (Å²) >= 11 is 1.15. The minimum atomic E-state index is -3.38. The number of aliphatic hydroxyl groups excluding tert-OH is 1. The van der Waals surface area contributed by atoms with Gasteiger partial charge in [-0.05, 0) is 25.1 Å². The van der Waals surface area contributed by atoms with Crippen molar-refractivity contribution >= 4 is 42.6 Å². The maximum atomic E-state index is 11.9. The van der Waals surface area contributed by atoms with Crippen molar-refractivity contribution in [3.05, 3.63) is 23.8 Å². The van der Waals surface area contributed by atoms with Crippen molar-refractivity contribution in [2.75, 3.05) is 17.6 Å². The molecule has 0 aliphatic carbocycles. The number of carbonyl (C=O) groups excluding carboxylic acids is 1. The van der Waals surface area contributed by atoms with Gasteiger partial charge in [-0.1, -0.05) is 11.3 Å². The monoisotopic (exact) mass is 329 g/mol. The minimum absolute atomic E-state index is 0.142. The van der Waals surface area contributed by atoms with Crippen LogP contribution < -0.4 is 10.0 Å². The standard InChI is InChI=1S/C12H15N3O4S2/c1-7(6-16)13-11(17)8-3-4-9-10(5-8)20-12(14-9)15-21(2,18)19/h3-5,7,16H,6H2,1-2H3,(H,13,17)(H,14,15)/t7-/m1/s1. The quantitative estimate of drug-likeness (QED) is 0.751. The van der Waals surface area contributed by atoms with Crippen LogP contribution in [0, 0.1) is 0 Å². The van der Waals surface area contributed by atoms with E-state index in [2.05, 4.69) is 15.0 Å². The number of aromatic nitrogens is 1. The molecule has 1 aromatic carbocycles. The van der Waals surface area contributed by atoms with E-state index in [9.17, 15) is 13.2 Å². The molecule has 1 heterocycles. The Morgan fingerprint density at radius 2 is 2.19 bits per heavy atom. The SMILES string of the molecule is C[C@H](CO)NC(=O)c1ccc2nc(NS(C)(=O)=O)sc2c1. The van der Waals surface area contributed by atoms with Gasteiger partial charge in [-0.2, -0.15) is 0 Å². The van der Waals surface area contributed by atoms with E-state index in [-0.39, 0.29) is 23.7 Å². The molecular weight excluding hydrogens is 314 g/mol. The van der Waals surface area contributed by atoms with E-state index >= 15 is 0 Å². The lowest BCUT2D eigenvalue weighted by Crippen LogP contribution is -2.34. The number of thiazole rings is 1. The molecule has 0 radical (unpaired) electrons. The summed E-state index contributed by atoms with van der Waals surface area (Å²) in [6.45, 7) is 1.55. The van der Waals surface area contributed by atoms with Crippen LogP contribution in [0.4, 0.5) is 5.13 Å². The summed E-state index contributed by atoms with van der Waals surface area (Å²) in [6.07, 6.45) is 1.05. The van der Waals surface area contributed by atoms with Gasteiger partial charge in [-0.3, -0.25) is 9.52 Å². The molecule has 7 nitrogen and oxygen atoms in total. The first-order chi connectivity index (χ1) is 9.78. The highest BCUT2D eigenvalue weighted by Gasteiger charge is 2.12. The molecule has 2 aromatic rings. The summed E-state index contributed by atoms with van der Waals surface area (Å²) in [5.41, 5.74) is 1.04. The Hall–Kier alpha value is -1.71. The largest absolute Gasteiger partial charge is 0.394 e. The second-order valence-corrected chi connectivity index (χ2v) is 7.41. The zero-order chi connectivity index (χ0) is 15.6. The average Bonchev–Trinajstić information content (AvgIpc) is 2.76. The molecule has 9 heteroatoms. The number of hydrogen-bond donors (Lipinski definition) is 3. The van der Waals surface area contributed by atoms with Crippen molar-refractivity contribution in [3.63, 3.8) is 0 Å². The van der Waals surface area contributed by atoms with E-state index in [1.807, 2.05) is 0 Å². The highest BCUT2D eigenvalue weighted by Crippen LogP contribution is 2.27. The predicted octanol–water partition coefficient (Wildman–Crippen LogP) is 0.778. The van der Waals surface area contributed by atoms with Gasteiger partial charge in [0.1, 0.15) is 0 Å². The molecule has 0 unspecified atom stereocenters. The molecule has 2 rings (SSSR count). The smallest absolute Gasteiger partial charge is 0.251 e. The van der Waals surface area contributed by atoms with E-state index in [0.29, 0.717) is 15.8 Å². The molecule has 1 aromatic heterocycles. The Morgan fingerprint density at radius 3 is 2.81 bits per heavy atom. The van der Waals surface area contributed by atoms with E-state index in [1.165, 1.54) is 0 Å². The number of rotatable bonds is 5. The first-order valence-electron chi connectivity index (χ1n) is 6.08. The third-order valence-corrected chi connectivity index (χ3v) is 4.20. The Bertz CT molecular complexity index is 770. The van der Waals surface area contributed by atoms with E-state index in [1.54, 1.807) is 25.1 Å². The summed E-state index contributed by atoms with van der Waals surface area (Å²) in [5.74, 6) is -0.301. The van der Waals surface area contributed by atoms with Crippen LogP contribution >= 0.6 is 11.3 Å². The molecule has 0 saturated carbocycles. The van der Waals surface area contributed by atoms with Crippen molar-refractivity contribution in [1.82, 2.24) is 10.3 Å². The van der Waals surface area contributed by atoms with Gasteiger partial charge in [0.05, 0.1) is 23.1 Å². The van der Waals surface area contributed by atoms with Crippen LogP contribution in [-0.2, 0) is 10.0 Å². The van der Waals surface area contributed by atoms with Crippen LogP contribution in [0.25, 0.3) is 10.2 Å². The van der Waals surface area contributed by atoms with Gasteiger partial charge in [0, 0.05) is 11.6 Å². The number of aliphatic hydroxyl groups is 1. The summed E-state index contributed by atoms with van der Waals surface area (Å²) in [4.78, 5) is 16.1. The lowest BCUT2D eigenvalue weighted by atomic mass is 10.2. The third-order valence-electron chi connectivity index (χ3n) is 2.57. The summed E-state index contributed by atoms with van der Waals surface area (Å²) in [5, 5.41) is 11.8. The molecule has 114 valence electrons. The lowest BCUT2D eigenvalue weighted by molar-refractivity contribution is 0.0922. The maximum absolute atomic E-state index is 11.9. The second kappa shape index (κ2) is 5.96. The van der Waals surface area contributed by atoms with Crippen LogP contribution in [0.15, 0.2) is 18.2 Å². The first kappa shape index (κ1) is 15.7. The molecule has 3 N–H and O–H groups in total. The fourth-order valence-electron chi connectivity index (χ4n) is 1.62. The maximum Gasteiger partial charge on any atom is 0.251 e. The third kappa shape index (κ3) is 4.13. The molecule has 0 fully saturated rings. The Kier molecular flexibility index (Phi) is 4.45. The van der Waals surface area contributed by atoms with Crippen LogP contribution in [0.5, 0.6) is 0 Å². The lowest BCUT2D eigenvalue weighted by Gasteiger charge is -2.10. The molecule has 1 atom stereocenters. The topological polar surface area (TPSA) is 108 Å². The van der Waals surface area contributed by atoms with Gasteiger partial charge < -0.3 is 10.4 Å². The fourth-order valence-corrected chi connectivity index (χ4v) is 3.36. The Balaban J connectivity index is 2.27. The molecule has 1 amide bonds. The van der Waals surface area contributed by atoms with Gasteiger partial charge in [-0.25, -0.2) is 13.4 Å². The zero-order valence-corrected chi connectivity index (χ0v) is 13.1. The zero-order valence-electron chi connectivity index (χ0n) is 11.5. The number of carbonyl (C=O) groups is 1. The molecule has 0 saturated heterocycles.